The Morgan fingerprint density at radius 3 is 2.62 bits per heavy atom. The van der Waals surface area contributed by atoms with Gasteiger partial charge in [0.2, 0.25) is 0 Å². The number of ether oxygens (including phenoxy) is 2. The summed E-state index contributed by atoms with van der Waals surface area (Å²) < 4.78 is 37.0. The third-order valence-electron chi connectivity index (χ3n) is 5.88. The number of aryl methyl sites for hydroxylation is 1. The molecule has 0 radical (unpaired) electrons. The number of aromatic nitrogens is 2. The van der Waals surface area contributed by atoms with Gasteiger partial charge in [-0.05, 0) is 39.8 Å². The molecule has 13 heteroatoms. The number of hydrogen-bond acceptors (Lipinski definition) is 10. The molecule has 3 rings (SSSR count). The number of nitrogens with zero attached hydrogens (tertiary/aromatic N) is 1. The number of para-hydroxylation sites is 1. The molecule has 1 aromatic carbocycles. The molecule has 4 N–H and O–H groups in total. The van der Waals surface area contributed by atoms with Gasteiger partial charge in [-0.3, -0.25) is 23.7 Å². The average molecular weight is 562 g/mol. The fourth-order valence-corrected chi connectivity index (χ4v) is 5.15. The standard InChI is InChI=1S/C26H32N3O9P/c1-6-26(27)21(30)20(37-24(26)29-14-18(5)22(31)28-25(29)33)15-35-39(34,38-19-10-8-7-9-11-19)13-12-17(4)23(32)36-16(2)3/h1,7-14,16-17,20-21,24,30H,15,27H2,2-5H3,(H,28,31,33)/b13-12+/t17-,20-,21?,24-,26?,39+/m1/s1. The Bertz CT molecular complexity index is 1410. The van der Waals surface area contributed by atoms with E-state index in [0.29, 0.717) is 0 Å². The minimum atomic E-state index is -4.10. The maximum absolute atomic E-state index is 13.7. The minimum Gasteiger partial charge on any atom is -0.463 e. The van der Waals surface area contributed by atoms with Gasteiger partial charge in [0.1, 0.15) is 18.0 Å². The summed E-state index contributed by atoms with van der Waals surface area (Å²) in [6.07, 6.45) is 3.62. The first-order valence-corrected chi connectivity index (χ1v) is 13.7. The van der Waals surface area contributed by atoms with Gasteiger partial charge in [0.25, 0.3) is 5.56 Å². The number of carbonyl (C=O) groups excluding carboxylic acids is 1. The smallest absolute Gasteiger partial charge is 0.403 e. The van der Waals surface area contributed by atoms with Crippen LogP contribution in [0, 0.1) is 25.2 Å². The van der Waals surface area contributed by atoms with Crippen molar-refractivity contribution in [2.45, 2.75) is 57.8 Å². The summed E-state index contributed by atoms with van der Waals surface area (Å²) in [4.78, 5) is 38.6. The van der Waals surface area contributed by atoms with Crippen LogP contribution in [-0.4, -0.2) is 51.1 Å². The predicted octanol–water partition coefficient (Wildman–Crippen LogP) is 1.82. The molecule has 0 spiro atoms. The fourth-order valence-electron chi connectivity index (χ4n) is 3.71. The predicted molar refractivity (Wildman–Crippen MR) is 142 cm³/mol. The van der Waals surface area contributed by atoms with Gasteiger partial charge in [0, 0.05) is 17.6 Å². The summed E-state index contributed by atoms with van der Waals surface area (Å²) in [7, 11) is -4.10. The molecule has 1 aromatic heterocycles. The lowest BCUT2D eigenvalue weighted by atomic mass is 9.92. The molecule has 2 aromatic rings. The van der Waals surface area contributed by atoms with E-state index >= 15 is 0 Å². The first-order chi connectivity index (χ1) is 18.3. The normalized spacial score (nSPS) is 25.2. The summed E-state index contributed by atoms with van der Waals surface area (Å²) in [6.45, 7) is 5.92. The van der Waals surface area contributed by atoms with Gasteiger partial charge in [0.05, 0.1) is 18.6 Å². The lowest BCUT2D eigenvalue weighted by Crippen LogP contribution is -2.55. The zero-order valence-corrected chi connectivity index (χ0v) is 22.9. The molecule has 1 aliphatic heterocycles. The van der Waals surface area contributed by atoms with Crippen LogP contribution in [0.3, 0.4) is 0 Å². The van der Waals surface area contributed by atoms with Crippen LogP contribution in [-0.2, 0) is 23.4 Å². The molecule has 210 valence electrons. The van der Waals surface area contributed by atoms with Crippen LogP contribution >= 0.6 is 7.60 Å². The van der Waals surface area contributed by atoms with Crippen molar-refractivity contribution in [3.8, 4) is 18.1 Å². The Hall–Kier alpha value is -3.46. The van der Waals surface area contributed by atoms with Gasteiger partial charge >= 0.3 is 19.3 Å². The Morgan fingerprint density at radius 1 is 1.33 bits per heavy atom. The monoisotopic (exact) mass is 561 g/mol. The molecule has 0 saturated carbocycles. The number of esters is 1. The summed E-state index contributed by atoms with van der Waals surface area (Å²) in [5.41, 5.74) is 3.10. The van der Waals surface area contributed by atoms with E-state index < -0.39 is 61.3 Å². The number of benzene rings is 1. The van der Waals surface area contributed by atoms with Crippen LogP contribution < -0.4 is 21.5 Å². The zero-order chi connectivity index (χ0) is 29.0. The van der Waals surface area contributed by atoms with E-state index in [9.17, 15) is 24.1 Å². The van der Waals surface area contributed by atoms with E-state index in [1.165, 1.54) is 19.2 Å². The third kappa shape index (κ3) is 6.95. The van der Waals surface area contributed by atoms with E-state index in [0.717, 1.165) is 10.4 Å². The number of nitrogens with one attached hydrogen (secondary N) is 1. The van der Waals surface area contributed by atoms with E-state index in [4.69, 9.17) is 30.7 Å². The highest BCUT2D eigenvalue weighted by atomic mass is 31.2. The highest BCUT2D eigenvalue weighted by molar-refractivity contribution is 7.57. The van der Waals surface area contributed by atoms with Crippen molar-refractivity contribution in [1.82, 2.24) is 9.55 Å². The van der Waals surface area contributed by atoms with Crippen molar-refractivity contribution < 1.29 is 33.0 Å². The Balaban J connectivity index is 1.87. The van der Waals surface area contributed by atoms with E-state index in [2.05, 4.69) is 10.9 Å². The maximum atomic E-state index is 13.7. The van der Waals surface area contributed by atoms with Crippen LogP contribution in [0.4, 0.5) is 0 Å². The van der Waals surface area contributed by atoms with Crippen LogP contribution in [0.25, 0.3) is 0 Å². The molecule has 39 heavy (non-hydrogen) atoms. The first-order valence-electron chi connectivity index (χ1n) is 12.1. The molecule has 1 saturated heterocycles. The molecule has 0 aliphatic carbocycles. The summed E-state index contributed by atoms with van der Waals surface area (Å²) in [6, 6.07) is 8.19. The van der Waals surface area contributed by atoms with Crippen LogP contribution in [0.2, 0.25) is 0 Å². The van der Waals surface area contributed by atoms with Crippen molar-refractivity contribution in [2.24, 2.45) is 11.7 Å². The summed E-state index contributed by atoms with van der Waals surface area (Å²) in [5, 5.41) is 10.9. The number of H-pyrrole nitrogens is 1. The molecular formula is C26H32N3O9P. The van der Waals surface area contributed by atoms with Gasteiger partial charge in [-0.15, -0.1) is 6.42 Å². The molecule has 2 unspecified atom stereocenters. The van der Waals surface area contributed by atoms with Crippen molar-refractivity contribution >= 4 is 13.6 Å². The number of carbonyl (C=O) groups is 1. The van der Waals surface area contributed by atoms with Crippen LogP contribution in [0.5, 0.6) is 5.75 Å². The average Bonchev–Trinajstić information content (AvgIpc) is 3.14. The lowest BCUT2D eigenvalue weighted by Gasteiger charge is -2.27. The number of aliphatic hydroxyl groups excluding tert-OH is 1. The summed E-state index contributed by atoms with van der Waals surface area (Å²) >= 11 is 0. The maximum Gasteiger partial charge on any atom is 0.403 e. The highest BCUT2D eigenvalue weighted by Gasteiger charge is 2.55. The van der Waals surface area contributed by atoms with Crippen molar-refractivity contribution in [2.75, 3.05) is 6.61 Å². The SMILES string of the molecule is C#CC1(N)C(O)[C@@H](CO[P@@](=O)(/C=C/[C@@H](C)C(=O)OC(C)C)Oc2ccccc2)O[C@H]1n1cc(C)c(=O)[nH]c1=O. The second-order valence-electron chi connectivity index (χ2n) is 9.38. The highest BCUT2D eigenvalue weighted by Crippen LogP contribution is 2.51. The third-order valence-corrected chi connectivity index (χ3v) is 7.39. The van der Waals surface area contributed by atoms with E-state index in [-0.39, 0.29) is 17.4 Å². The number of rotatable bonds is 10. The molecule has 12 nitrogen and oxygen atoms in total. The van der Waals surface area contributed by atoms with Gasteiger partial charge in [0.15, 0.2) is 11.8 Å². The molecule has 0 amide bonds. The van der Waals surface area contributed by atoms with Gasteiger partial charge in [-0.25, -0.2) is 9.36 Å². The van der Waals surface area contributed by atoms with Gasteiger partial charge < -0.3 is 24.8 Å². The molecule has 6 atom stereocenters. The molecule has 2 heterocycles. The molecule has 1 fully saturated rings. The second-order valence-corrected chi connectivity index (χ2v) is 11.2. The van der Waals surface area contributed by atoms with Gasteiger partial charge in [-0.1, -0.05) is 30.2 Å². The topological polar surface area (TPSA) is 172 Å². The lowest BCUT2D eigenvalue weighted by molar-refractivity contribution is -0.150. The largest absolute Gasteiger partial charge is 0.463 e. The Morgan fingerprint density at radius 2 is 2.00 bits per heavy atom. The number of hydrogen-bond donors (Lipinski definition) is 3. The molecular weight excluding hydrogens is 529 g/mol. The van der Waals surface area contributed by atoms with E-state index in [1.54, 1.807) is 51.1 Å². The second kappa shape index (κ2) is 12.2. The number of aliphatic hydroxyl groups is 1. The van der Waals surface area contributed by atoms with Gasteiger partial charge in [-0.2, -0.15) is 0 Å². The Labute approximate surface area is 225 Å². The molecule has 1 aliphatic rings. The zero-order valence-electron chi connectivity index (χ0n) is 22.0. The number of nitrogens with two attached hydrogens (primary N) is 1. The van der Waals surface area contributed by atoms with Crippen LogP contribution in [0.1, 0.15) is 32.6 Å². The minimum absolute atomic E-state index is 0.183. The van der Waals surface area contributed by atoms with Crippen molar-refractivity contribution in [1.29, 1.82) is 0 Å². The quantitative estimate of drug-likeness (QED) is 0.221. The van der Waals surface area contributed by atoms with Crippen LogP contribution in [0.15, 0.2) is 58.0 Å². The Kier molecular flexibility index (Phi) is 9.38. The van der Waals surface area contributed by atoms with Crippen molar-refractivity contribution in [3.63, 3.8) is 0 Å². The fraction of sp³-hybridized carbons (Fsp3) is 0.423. The van der Waals surface area contributed by atoms with E-state index in [1.807, 2.05) is 0 Å². The van der Waals surface area contributed by atoms with Crippen molar-refractivity contribution in [3.05, 3.63) is 74.8 Å². The summed E-state index contributed by atoms with van der Waals surface area (Å²) in [5.74, 6) is 2.31. The molecule has 0 bridgehead atoms. The number of aromatic amines is 1. The number of terminal acetylenes is 1. The first kappa shape index (κ1) is 30.1.